The zero-order valence-corrected chi connectivity index (χ0v) is 18.5. The minimum atomic E-state index is -0.990. The number of amides is 1. The number of anilines is 1. The molecule has 3 aromatic carbocycles. The number of Topliss-reactive ketones (excluding diaryl/α,β-unsaturated/α-hetero) is 1. The number of nitrogens with zero attached hydrogens (tertiary/aromatic N) is 2. The zero-order chi connectivity index (χ0) is 22.3. The number of hydrogen-bond donors (Lipinski definition) is 0. The van der Waals surface area contributed by atoms with E-state index in [1.165, 1.54) is 5.01 Å². The second kappa shape index (κ2) is 8.03. The number of carbonyl (C=O) groups is 2. The van der Waals surface area contributed by atoms with Crippen LogP contribution in [0.3, 0.4) is 0 Å². The molecule has 1 spiro atoms. The lowest BCUT2D eigenvalue weighted by atomic mass is 9.54. The van der Waals surface area contributed by atoms with Crippen LogP contribution in [0.25, 0.3) is 0 Å². The molecule has 1 fully saturated rings. The Morgan fingerprint density at radius 3 is 2.12 bits per heavy atom. The van der Waals surface area contributed by atoms with E-state index in [4.69, 9.17) is 16.7 Å². The number of halogens is 1. The standard InChI is InChI=1S/C27H23ClN2O2/c1-18-27(26(32)30(29-18)20-12-6-3-7-13-20)23(19-10-4-2-5-11-19)16-21(31)17-24(27)22-14-8-9-15-25(22)28/h2-15,23-24H,16-17H2,1H3/t23-,24-,27+/m1/s1. The Kier molecular flexibility index (Phi) is 5.18. The molecule has 3 aromatic rings. The van der Waals surface area contributed by atoms with E-state index in [9.17, 15) is 9.59 Å². The first kappa shape index (κ1) is 20.7. The predicted molar refractivity (Wildman–Crippen MR) is 127 cm³/mol. The van der Waals surface area contributed by atoms with Crippen molar-refractivity contribution >= 4 is 34.7 Å². The molecule has 3 atom stereocenters. The number of rotatable bonds is 3. The van der Waals surface area contributed by atoms with Gasteiger partial charge in [-0.2, -0.15) is 10.1 Å². The molecular formula is C27H23ClN2O2. The molecule has 5 heteroatoms. The van der Waals surface area contributed by atoms with Gasteiger partial charge in [0.15, 0.2) is 0 Å². The molecule has 4 nitrogen and oxygen atoms in total. The first-order valence-corrected chi connectivity index (χ1v) is 11.2. The van der Waals surface area contributed by atoms with Crippen molar-refractivity contribution in [3.05, 3.63) is 101 Å². The topological polar surface area (TPSA) is 49.7 Å². The minimum absolute atomic E-state index is 0.104. The molecule has 0 unspecified atom stereocenters. The van der Waals surface area contributed by atoms with E-state index in [0.29, 0.717) is 11.4 Å². The summed E-state index contributed by atoms with van der Waals surface area (Å²) in [6.07, 6.45) is 0.556. The summed E-state index contributed by atoms with van der Waals surface area (Å²) in [5.74, 6) is -0.690. The minimum Gasteiger partial charge on any atom is -0.300 e. The van der Waals surface area contributed by atoms with Gasteiger partial charge < -0.3 is 0 Å². The van der Waals surface area contributed by atoms with E-state index in [0.717, 1.165) is 22.5 Å². The van der Waals surface area contributed by atoms with Crippen LogP contribution in [0.1, 0.15) is 42.7 Å². The Morgan fingerprint density at radius 2 is 1.44 bits per heavy atom. The highest BCUT2D eigenvalue weighted by Crippen LogP contribution is 2.59. The fourth-order valence-electron chi connectivity index (χ4n) is 5.44. The molecule has 160 valence electrons. The summed E-state index contributed by atoms with van der Waals surface area (Å²) in [5, 5.41) is 6.84. The lowest BCUT2D eigenvalue weighted by molar-refractivity contribution is -0.131. The summed E-state index contributed by atoms with van der Waals surface area (Å²) in [6, 6.07) is 26.8. The number of carbonyl (C=O) groups excluding carboxylic acids is 2. The van der Waals surface area contributed by atoms with Gasteiger partial charge in [-0.25, -0.2) is 0 Å². The summed E-state index contributed by atoms with van der Waals surface area (Å²) in [5.41, 5.74) is 2.24. The molecule has 0 radical (unpaired) electrons. The summed E-state index contributed by atoms with van der Waals surface area (Å²) in [7, 11) is 0. The third kappa shape index (κ3) is 3.09. The third-order valence-corrected chi connectivity index (χ3v) is 7.19. The lowest BCUT2D eigenvalue weighted by Crippen LogP contribution is -2.52. The fraction of sp³-hybridized carbons (Fsp3) is 0.222. The van der Waals surface area contributed by atoms with Gasteiger partial charge in [0, 0.05) is 29.7 Å². The van der Waals surface area contributed by atoms with Crippen molar-refractivity contribution in [1.82, 2.24) is 0 Å². The van der Waals surface area contributed by atoms with Gasteiger partial charge in [-0.3, -0.25) is 9.59 Å². The maximum absolute atomic E-state index is 14.3. The summed E-state index contributed by atoms with van der Waals surface area (Å²) < 4.78 is 0. The number of hydrazone groups is 1. The smallest absolute Gasteiger partial charge is 0.260 e. The molecule has 0 N–H and O–H groups in total. The monoisotopic (exact) mass is 442 g/mol. The van der Waals surface area contributed by atoms with Crippen molar-refractivity contribution in [2.24, 2.45) is 10.5 Å². The van der Waals surface area contributed by atoms with Crippen molar-refractivity contribution in [3.8, 4) is 0 Å². The fourth-order valence-corrected chi connectivity index (χ4v) is 5.70. The van der Waals surface area contributed by atoms with Crippen LogP contribution in [0, 0.1) is 5.41 Å². The molecule has 32 heavy (non-hydrogen) atoms. The molecule has 1 amide bonds. The Morgan fingerprint density at radius 1 is 0.844 bits per heavy atom. The van der Waals surface area contributed by atoms with E-state index >= 15 is 0 Å². The second-order valence-corrected chi connectivity index (χ2v) is 8.90. The highest BCUT2D eigenvalue weighted by Gasteiger charge is 2.62. The molecule has 1 aliphatic heterocycles. The average molecular weight is 443 g/mol. The van der Waals surface area contributed by atoms with Crippen LogP contribution in [-0.4, -0.2) is 17.4 Å². The van der Waals surface area contributed by atoms with Crippen LogP contribution in [0.15, 0.2) is 90.0 Å². The maximum atomic E-state index is 14.3. The largest absolute Gasteiger partial charge is 0.300 e. The van der Waals surface area contributed by atoms with Crippen molar-refractivity contribution in [3.63, 3.8) is 0 Å². The van der Waals surface area contributed by atoms with Gasteiger partial charge in [0.2, 0.25) is 0 Å². The molecule has 0 bridgehead atoms. The quantitative estimate of drug-likeness (QED) is 0.501. The highest BCUT2D eigenvalue weighted by molar-refractivity contribution is 6.31. The Labute approximate surface area is 192 Å². The maximum Gasteiger partial charge on any atom is 0.260 e. The van der Waals surface area contributed by atoms with E-state index in [1.54, 1.807) is 0 Å². The Balaban J connectivity index is 1.75. The van der Waals surface area contributed by atoms with E-state index in [-0.39, 0.29) is 24.0 Å². The van der Waals surface area contributed by atoms with Crippen LogP contribution >= 0.6 is 11.6 Å². The number of benzene rings is 3. The molecule has 1 heterocycles. The van der Waals surface area contributed by atoms with Gasteiger partial charge in [0.1, 0.15) is 11.2 Å². The van der Waals surface area contributed by atoms with Gasteiger partial charge in [-0.05, 0) is 36.2 Å². The SMILES string of the molecule is CC1=NN(c2ccccc2)C(=O)[C@]12[C@@H](c1ccccc1)CC(=O)C[C@@H]2c1ccccc1Cl. The first-order chi connectivity index (χ1) is 15.5. The Hall–Kier alpha value is -3.24. The van der Waals surface area contributed by atoms with Gasteiger partial charge >= 0.3 is 0 Å². The van der Waals surface area contributed by atoms with Crippen molar-refractivity contribution in [1.29, 1.82) is 0 Å². The van der Waals surface area contributed by atoms with Crippen molar-refractivity contribution in [2.45, 2.75) is 31.6 Å². The average Bonchev–Trinajstić information content (AvgIpc) is 3.08. The second-order valence-electron chi connectivity index (χ2n) is 8.49. The molecule has 1 saturated carbocycles. The molecule has 0 saturated heterocycles. The number of ketones is 1. The number of hydrogen-bond acceptors (Lipinski definition) is 3. The van der Waals surface area contributed by atoms with Gasteiger partial charge in [0.05, 0.1) is 11.4 Å². The van der Waals surface area contributed by atoms with Crippen LogP contribution in [-0.2, 0) is 9.59 Å². The van der Waals surface area contributed by atoms with Crippen molar-refractivity contribution in [2.75, 3.05) is 5.01 Å². The molecule has 1 aliphatic carbocycles. The molecular weight excluding hydrogens is 420 g/mol. The summed E-state index contributed by atoms with van der Waals surface area (Å²) in [6.45, 7) is 1.91. The predicted octanol–water partition coefficient (Wildman–Crippen LogP) is 5.98. The molecule has 5 rings (SSSR count). The van der Waals surface area contributed by atoms with E-state index < -0.39 is 11.3 Å². The van der Waals surface area contributed by atoms with E-state index in [1.807, 2.05) is 91.9 Å². The normalized spacial score (nSPS) is 25.3. The molecule has 2 aliphatic rings. The molecule has 0 aromatic heterocycles. The van der Waals surface area contributed by atoms with Gasteiger partial charge in [0.25, 0.3) is 5.91 Å². The number of para-hydroxylation sites is 1. The van der Waals surface area contributed by atoms with Crippen LogP contribution in [0.2, 0.25) is 5.02 Å². The highest BCUT2D eigenvalue weighted by atomic mass is 35.5. The Bertz CT molecular complexity index is 1210. The van der Waals surface area contributed by atoms with Gasteiger partial charge in [-0.1, -0.05) is 78.3 Å². The zero-order valence-electron chi connectivity index (χ0n) is 17.7. The summed E-state index contributed by atoms with van der Waals surface area (Å²) >= 11 is 6.63. The van der Waals surface area contributed by atoms with Crippen molar-refractivity contribution < 1.29 is 9.59 Å². The summed E-state index contributed by atoms with van der Waals surface area (Å²) in [4.78, 5) is 27.4. The third-order valence-electron chi connectivity index (χ3n) is 6.84. The van der Waals surface area contributed by atoms with Crippen LogP contribution in [0.5, 0.6) is 0 Å². The lowest BCUT2D eigenvalue weighted by Gasteiger charge is -2.46. The first-order valence-electron chi connectivity index (χ1n) is 10.8. The van der Waals surface area contributed by atoms with Crippen LogP contribution < -0.4 is 5.01 Å². The van der Waals surface area contributed by atoms with Crippen LogP contribution in [0.4, 0.5) is 5.69 Å². The van der Waals surface area contributed by atoms with E-state index in [2.05, 4.69) is 0 Å². The van der Waals surface area contributed by atoms with Gasteiger partial charge in [-0.15, -0.1) is 0 Å².